The van der Waals surface area contributed by atoms with Gasteiger partial charge in [0.2, 0.25) is 11.8 Å². The smallest absolute Gasteiger partial charge is 0.248 e. The minimum atomic E-state index is -1.30. The van der Waals surface area contributed by atoms with Gasteiger partial charge in [-0.05, 0) is 20.0 Å². The normalized spacial score (nSPS) is 12.1. The fourth-order valence-electron chi connectivity index (χ4n) is 0.825. The maximum atomic E-state index is 11.0. The summed E-state index contributed by atoms with van der Waals surface area (Å²) in [5, 5.41) is 14.3. The molecule has 2 amide bonds. The highest BCUT2D eigenvalue weighted by Gasteiger charge is 2.11. The van der Waals surface area contributed by atoms with Gasteiger partial charge in [-0.15, -0.1) is 0 Å². The van der Waals surface area contributed by atoms with Crippen LogP contribution in [0.3, 0.4) is 0 Å². The molecule has 1 unspecified atom stereocenters. The van der Waals surface area contributed by atoms with Gasteiger partial charge in [0.05, 0.1) is 6.54 Å². The lowest BCUT2D eigenvalue weighted by atomic mass is 10.3. The van der Waals surface area contributed by atoms with Crippen LogP contribution in [0.1, 0.15) is 12.8 Å². The van der Waals surface area contributed by atoms with E-state index in [0.717, 1.165) is 13.0 Å². The second-order valence-electron chi connectivity index (χ2n) is 2.93. The van der Waals surface area contributed by atoms with Gasteiger partial charge in [0.25, 0.3) is 0 Å². The second kappa shape index (κ2) is 7.28. The highest BCUT2D eigenvalue weighted by molar-refractivity contribution is 5.80. The van der Waals surface area contributed by atoms with E-state index in [0.29, 0.717) is 6.42 Å². The van der Waals surface area contributed by atoms with Crippen molar-refractivity contribution in [2.24, 2.45) is 5.73 Å². The van der Waals surface area contributed by atoms with Crippen molar-refractivity contribution >= 4 is 11.8 Å². The molecule has 0 aliphatic carbocycles. The van der Waals surface area contributed by atoms with Gasteiger partial charge in [0.1, 0.15) is 6.10 Å². The number of nitrogens with one attached hydrogen (secondary N) is 2. The predicted octanol–water partition coefficient (Wildman–Crippen LogP) is -2.05. The molecule has 0 radical (unpaired) electrons. The lowest BCUT2D eigenvalue weighted by molar-refractivity contribution is -0.127. The van der Waals surface area contributed by atoms with Crippen LogP contribution >= 0.6 is 0 Å². The summed E-state index contributed by atoms with van der Waals surface area (Å²) in [5.74, 6) is -1.03. The van der Waals surface area contributed by atoms with Gasteiger partial charge in [-0.3, -0.25) is 9.59 Å². The number of aliphatic hydroxyl groups is 1. The first kappa shape index (κ1) is 12.9. The van der Waals surface area contributed by atoms with Crippen molar-refractivity contribution in [1.29, 1.82) is 0 Å². The Kier molecular flexibility index (Phi) is 6.69. The largest absolute Gasteiger partial charge is 0.381 e. The van der Waals surface area contributed by atoms with E-state index in [1.165, 1.54) is 0 Å². The number of carbonyl (C=O) groups is 2. The van der Waals surface area contributed by atoms with E-state index in [1.807, 2.05) is 0 Å². The quantitative estimate of drug-likeness (QED) is 0.357. The highest BCUT2D eigenvalue weighted by atomic mass is 16.3. The molecule has 0 rings (SSSR count). The highest BCUT2D eigenvalue weighted by Crippen LogP contribution is 1.87. The summed E-state index contributed by atoms with van der Waals surface area (Å²) >= 11 is 0. The van der Waals surface area contributed by atoms with E-state index in [9.17, 15) is 9.59 Å². The van der Waals surface area contributed by atoms with Gasteiger partial charge in [0.15, 0.2) is 0 Å². The number of nitrogens with two attached hydrogens (primary N) is 1. The summed E-state index contributed by atoms with van der Waals surface area (Å²) in [4.78, 5) is 21.4. The van der Waals surface area contributed by atoms with Crippen LogP contribution in [0.15, 0.2) is 0 Å². The van der Waals surface area contributed by atoms with E-state index in [4.69, 9.17) is 10.8 Å². The SMILES string of the molecule is CNCCCC(=O)NCC(O)C(N)=O. The third kappa shape index (κ3) is 6.38. The number of primary amides is 1. The Labute approximate surface area is 82.9 Å². The van der Waals surface area contributed by atoms with Gasteiger partial charge < -0.3 is 21.5 Å². The monoisotopic (exact) mass is 203 g/mol. The van der Waals surface area contributed by atoms with E-state index in [2.05, 4.69) is 10.6 Å². The van der Waals surface area contributed by atoms with Crippen LogP contribution in [0.4, 0.5) is 0 Å². The van der Waals surface area contributed by atoms with Crippen molar-refractivity contribution in [3.8, 4) is 0 Å². The number of hydrogen-bond donors (Lipinski definition) is 4. The topological polar surface area (TPSA) is 104 Å². The van der Waals surface area contributed by atoms with Crippen molar-refractivity contribution in [2.45, 2.75) is 18.9 Å². The third-order valence-electron chi connectivity index (χ3n) is 1.65. The molecule has 0 aromatic rings. The molecule has 82 valence electrons. The van der Waals surface area contributed by atoms with Crippen molar-refractivity contribution in [2.75, 3.05) is 20.1 Å². The van der Waals surface area contributed by atoms with Crippen molar-refractivity contribution < 1.29 is 14.7 Å². The molecule has 0 fully saturated rings. The zero-order valence-electron chi connectivity index (χ0n) is 8.25. The number of rotatable bonds is 7. The molecule has 0 heterocycles. The molecule has 5 N–H and O–H groups in total. The number of carbonyl (C=O) groups excluding carboxylic acids is 2. The first-order valence-electron chi connectivity index (χ1n) is 4.46. The van der Waals surface area contributed by atoms with Crippen LogP contribution in [-0.2, 0) is 9.59 Å². The van der Waals surface area contributed by atoms with Crippen LogP contribution in [-0.4, -0.2) is 43.2 Å². The van der Waals surface area contributed by atoms with Crippen molar-refractivity contribution in [3.05, 3.63) is 0 Å². The molecule has 0 aliphatic heterocycles. The standard InChI is InChI=1S/C8H17N3O3/c1-10-4-2-3-7(13)11-5-6(12)8(9)14/h6,10,12H,2-5H2,1H3,(H2,9,14)(H,11,13). The lowest BCUT2D eigenvalue weighted by Crippen LogP contribution is -2.40. The number of hydrogen-bond acceptors (Lipinski definition) is 4. The van der Waals surface area contributed by atoms with Crippen molar-refractivity contribution in [3.63, 3.8) is 0 Å². The van der Waals surface area contributed by atoms with Crippen LogP contribution in [0.25, 0.3) is 0 Å². The maximum Gasteiger partial charge on any atom is 0.248 e. The summed E-state index contributed by atoms with van der Waals surface area (Å²) < 4.78 is 0. The van der Waals surface area contributed by atoms with Gasteiger partial charge in [0, 0.05) is 6.42 Å². The van der Waals surface area contributed by atoms with Gasteiger partial charge in [-0.1, -0.05) is 0 Å². The first-order chi connectivity index (χ1) is 6.57. The molecule has 0 bridgehead atoms. The summed E-state index contributed by atoms with van der Waals surface area (Å²) in [6.45, 7) is 0.638. The Balaban J connectivity index is 3.48. The molecule has 0 aliphatic rings. The van der Waals surface area contributed by atoms with Crippen molar-refractivity contribution in [1.82, 2.24) is 10.6 Å². The molecule has 0 saturated carbocycles. The molecule has 1 atom stereocenters. The first-order valence-corrected chi connectivity index (χ1v) is 4.46. The Morgan fingerprint density at radius 3 is 2.64 bits per heavy atom. The number of aliphatic hydroxyl groups excluding tert-OH is 1. The summed E-state index contributed by atoms with van der Waals surface area (Å²) in [6.07, 6.45) is -0.218. The Bertz CT molecular complexity index is 196. The fourth-order valence-corrected chi connectivity index (χ4v) is 0.825. The van der Waals surface area contributed by atoms with Crippen LogP contribution in [0, 0.1) is 0 Å². The van der Waals surface area contributed by atoms with Gasteiger partial charge in [-0.25, -0.2) is 0 Å². The Morgan fingerprint density at radius 2 is 2.14 bits per heavy atom. The molecule has 14 heavy (non-hydrogen) atoms. The summed E-state index contributed by atoms with van der Waals surface area (Å²) in [5.41, 5.74) is 4.79. The summed E-state index contributed by atoms with van der Waals surface area (Å²) in [7, 11) is 1.80. The second-order valence-corrected chi connectivity index (χ2v) is 2.93. The lowest BCUT2D eigenvalue weighted by Gasteiger charge is -2.08. The van der Waals surface area contributed by atoms with Gasteiger partial charge in [-0.2, -0.15) is 0 Å². The van der Waals surface area contributed by atoms with Crippen LogP contribution < -0.4 is 16.4 Å². The fraction of sp³-hybridized carbons (Fsp3) is 0.750. The minimum Gasteiger partial charge on any atom is -0.381 e. The average Bonchev–Trinajstić information content (AvgIpc) is 2.14. The van der Waals surface area contributed by atoms with E-state index < -0.39 is 12.0 Å². The zero-order chi connectivity index (χ0) is 11.0. The molecule has 0 aromatic heterocycles. The average molecular weight is 203 g/mol. The van der Waals surface area contributed by atoms with E-state index in [-0.39, 0.29) is 12.5 Å². The number of amides is 2. The van der Waals surface area contributed by atoms with Crippen LogP contribution in [0.5, 0.6) is 0 Å². The molecule has 0 saturated heterocycles. The maximum absolute atomic E-state index is 11.0. The van der Waals surface area contributed by atoms with E-state index in [1.54, 1.807) is 7.05 Å². The predicted molar refractivity (Wildman–Crippen MR) is 51.4 cm³/mol. The molecule has 6 nitrogen and oxygen atoms in total. The van der Waals surface area contributed by atoms with Crippen LogP contribution in [0.2, 0.25) is 0 Å². The Morgan fingerprint density at radius 1 is 1.50 bits per heavy atom. The van der Waals surface area contributed by atoms with Gasteiger partial charge >= 0.3 is 0 Å². The Hall–Kier alpha value is -1.14. The third-order valence-corrected chi connectivity index (χ3v) is 1.65. The minimum absolute atomic E-state index is 0.117. The zero-order valence-corrected chi connectivity index (χ0v) is 8.25. The molecule has 0 aromatic carbocycles. The van der Waals surface area contributed by atoms with E-state index >= 15 is 0 Å². The molecule has 0 spiro atoms. The molecular formula is C8H17N3O3. The molecular weight excluding hydrogens is 186 g/mol. The molecule has 6 heteroatoms. The summed E-state index contributed by atoms with van der Waals surface area (Å²) in [6, 6.07) is 0.